The molecule has 1 heterocycles. The third kappa shape index (κ3) is 3.68. The first-order valence-electron chi connectivity index (χ1n) is 6.68. The second kappa shape index (κ2) is 7.34. The van der Waals surface area contributed by atoms with Crippen LogP contribution in [-0.2, 0) is 19.2 Å². The Balaban J connectivity index is 2.66. The smallest absolute Gasteiger partial charge is 0.335 e. The molecule has 0 aromatic heterocycles. The molecule has 0 spiro atoms. The summed E-state index contributed by atoms with van der Waals surface area (Å²) in [6.07, 6.45) is 1.30. The van der Waals surface area contributed by atoms with Crippen molar-refractivity contribution < 1.29 is 24.0 Å². The van der Waals surface area contributed by atoms with E-state index in [4.69, 9.17) is 0 Å². The number of hydrogen-bond acceptors (Lipinski definition) is 5. The van der Waals surface area contributed by atoms with E-state index in [-0.39, 0.29) is 12.5 Å². The van der Waals surface area contributed by atoms with Gasteiger partial charge in [0, 0.05) is 13.1 Å². The molecule has 0 aromatic rings. The third-order valence-electron chi connectivity index (χ3n) is 2.87. The van der Waals surface area contributed by atoms with Crippen molar-refractivity contribution in [2.75, 3.05) is 19.6 Å². The van der Waals surface area contributed by atoms with Crippen molar-refractivity contribution in [3.05, 3.63) is 12.7 Å². The van der Waals surface area contributed by atoms with Crippen molar-refractivity contribution in [3.8, 4) is 0 Å². The molecule has 2 N–H and O–H groups in total. The molecule has 120 valence electrons. The second-order valence-corrected chi connectivity index (χ2v) is 4.56. The molecule has 0 aliphatic carbocycles. The second-order valence-electron chi connectivity index (χ2n) is 4.56. The van der Waals surface area contributed by atoms with Crippen LogP contribution in [0.2, 0.25) is 0 Å². The lowest BCUT2D eigenvalue weighted by Gasteiger charge is -2.16. The van der Waals surface area contributed by atoms with Gasteiger partial charge in [-0.15, -0.1) is 6.58 Å². The van der Waals surface area contributed by atoms with Crippen LogP contribution in [0, 0.1) is 0 Å². The minimum atomic E-state index is -1.08. The predicted molar refractivity (Wildman–Crippen MR) is 75.3 cm³/mol. The fourth-order valence-corrected chi connectivity index (χ4v) is 1.80. The molecule has 22 heavy (non-hydrogen) atoms. The van der Waals surface area contributed by atoms with Crippen LogP contribution in [0.5, 0.6) is 0 Å². The van der Waals surface area contributed by atoms with Crippen molar-refractivity contribution in [2.24, 2.45) is 0 Å². The zero-order valence-electron chi connectivity index (χ0n) is 12.4. The normalized spacial score (nSPS) is 15.8. The van der Waals surface area contributed by atoms with Crippen molar-refractivity contribution in [1.82, 2.24) is 20.4 Å². The molecule has 9 nitrogen and oxygen atoms in total. The van der Waals surface area contributed by atoms with Crippen molar-refractivity contribution in [3.63, 3.8) is 0 Å². The summed E-state index contributed by atoms with van der Waals surface area (Å²) in [5.74, 6) is -3.19. The summed E-state index contributed by atoms with van der Waals surface area (Å²) in [7, 11) is 0. The highest BCUT2D eigenvalue weighted by molar-refractivity contribution is 6.45. The largest absolute Gasteiger partial charge is 0.355 e. The first-order valence-corrected chi connectivity index (χ1v) is 6.68. The molecule has 1 rings (SSSR count). The van der Waals surface area contributed by atoms with Crippen LogP contribution in [0.25, 0.3) is 0 Å². The van der Waals surface area contributed by atoms with Crippen LogP contribution in [0.4, 0.5) is 4.79 Å². The third-order valence-corrected chi connectivity index (χ3v) is 2.87. The molecule has 0 aromatic carbocycles. The maximum absolute atomic E-state index is 11.9. The van der Waals surface area contributed by atoms with E-state index in [0.717, 1.165) is 0 Å². The highest BCUT2D eigenvalue weighted by Crippen LogP contribution is 2.11. The lowest BCUT2D eigenvalue weighted by atomic mass is 10.3. The number of rotatable bonds is 7. The van der Waals surface area contributed by atoms with Gasteiger partial charge in [0.1, 0.15) is 12.6 Å². The van der Waals surface area contributed by atoms with E-state index >= 15 is 0 Å². The molecule has 0 unspecified atom stereocenters. The SMILES string of the molecule is C=CCN1C(=O)C(=O)N(CC(=O)N[C@H](C)C(=O)NCC)C1=O. The highest BCUT2D eigenvalue weighted by atomic mass is 16.2. The lowest BCUT2D eigenvalue weighted by Crippen LogP contribution is -2.49. The fraction of sp³-hybridized carbons (Fsp3) is 0.462. The summed E-state index contributed by atoms with van der Waals surface area (Å²) in [6.45, 7) is 6.25. The molecular weight excluding hydrogens is 292 g/mol. The van der Waals surface area contributed by atoms with Gasteiger partial charge in [-0.25, -0.2) is 9.69 Å². The maximum atomic E-state index is 11.9. The zero-order valence-corrected chi connectivity index (χ0v) is 12.4. The van der Waals surface area contributed by atoms with Crippen molar-refractivity contribution in [2.45, 2.75) is 19.9 Å². The Morgan fingerprint density at radius 1 is 1.23 bits per heavy atom. The number of urea groups is 1. The summed E-state index contributed by atoms with van der Waals surface area (Å²) in [5, 5.41) is 4.87. The lowest BCUT2D eigenvalue weighted by molar-refractivity contribution is -0.144. The van der Waals surface area contributed by atoms with Gasteiger partial charge >= 0.3 is 17.8 Å². The van der Waals surface area contributed by atoms with E-state index in [2.05, 4.69) is 17.2 Å². The number of imide groups is 2. The Labute approximate surface area is 127 Å². The molecule has 1 saturated heterocycles. The van der Waals surface area contributed by atoms with Crippen LogP contribution in [0.3, 0.4) is 0 Å². The number of nitrogens with zero attached hydrogens (tertiary/aromatic N) is 2. The van der Waals surface area contributed by atoms with E-state index in [1.807, 2.05) is 0 Å². The van der Waals surface area contributed by atoms with E-state index < -0.39 is 36.3 Å². The zero-order chi connectivity index (χ0) is 16.9. The Bertz CT molecular complexity index is 531. The van der Waals surface area contributed by atoms with Gasteiger partial charge in [-0.05, 0) is 13.8 Å². The molecule has 1 aliphatic heterocycles. The van der Waals surface area contributed by atoms with Crippen LogP contribution < -0.4 is 10.6 Å². The number of nitrogens with one attached hydrogen (secondary N) is 2. The van der Waals surface area contributed by atoms with E-state index in [9.17, 15) is 24.0 Å². The monoisotopic (exact) mass is 310 g/mol. The van der Waals surface area contributed by atoms with Gasteiger partial charge in [-0.3, -0.25) is 24.1 Å². The quantitative estimate of drug-likeness (QED) is 0.341. The molecular formula is C13H18N4O5. The summed E-state index contributed by atoms with van der Waals surface area (Å²) in [4.78, 5) is 59.6. The Kier molecular flexibility index (Phi) is 5.79. The van der Waals surface area contributed by atoms with E-state index in [0.29, 0.717) is 16.3 Å². The van der Waals surface area contributed by atoms with Gasteiger partial charge in [-0.1, -0.05) is 6.08 Å². The van der Waals surface area contributed by atoms with Crippen LogP contribution >= 0.6 is 0 Å². The molecule has 6 amide bonds. The number of amides is 6. The minimum absolute atomic E-state index is 0.114. The molecule has 1 aliphatic rings. The molecule has 0 bridgehead atoms. The summed E-state index contributed by atoms with van der Waals surface area (Å²) in [5.41, 5.74) is 0. The van der Waals surface area contributed by atoms with Gasteiger partial charge in [0.2, 0.25) is 11.8 Å². The first kappa shape index (κ1) is 17.3. The highest BCUT2D eigenvalue weighted by Gasteiger charge is 2.44. The van der Waals surface area contributed by atoms with Crippen LogP contribution in [-0.4, -0.2) is 65.1 Å². The van der Waals surface area contributed by atoms with Crippen LogP contribution in [0.15, 0.2) is 12.7 Å². The summed E-state index contributed by atoms with van der Waals surface area (Å²) < 4.78 is 0. The number of carbonyl (C=O) groups excluding carboxylic acids is 5. The Morgan fingerprint density at radius 2 is 1.82 bits per heavy atom. The van der Waals surface area contributed by atoms with Crippen LogP contribution in [0.1, 0.15) is 13.8 Å². The summed E-state index contributed by atoms with van der Waals surface area (Å²) in [6, 6.07) is -1.70. The van der Waals surface area contributed by atoms with E-state index in [1.54, 1.807) is 6.92 Å². The standard InChI is InChI=1S/C13H18N4O5/c1-4-6-16-11(20)12(21)17(13(16)22)7-9(18)15-8(3)10(19)14-5-2/h4,8H,1,5-7H2,2-3H3,(H,14,19)(H,15,18)/t8-/m1/s1. The van der Waals surface area contributed by atoms with Crippen molar-refractivity contribution in [1.29, 1.82) is 0 Å². The summed E-state index contributed by atoms with van der Waals surface area (Å²) >= 11 is 0. The fourth-order valence-electron chi connectivity index (χ4n) is 1.80. The average Bonchev–Trinajstić information content (AvgIpc) is 2.65. The number of carbonyl (C=O) groups is 5. The Hall–Kier alpha value is -2.71. The average molecular weight is 310 g/mol. The predicted octanol–water partition coefficient (Wildman–Crippen LogP) is -1.40. The van der Waals surface area contributed by atoms with Crippen molar-refractivity contribution >= 4 is 29.7 Å². The minimum Gasteiger partial charge on any atom is -0.355 e. The molecule has 1 fully saturated rings. The molecule has 1 atom stereocenters. The van der Waals surface area contributed by atoms with Gasteiger partial charge in [0.05, 0.1) is 0 Å². The van der Waals surface area contributed by atoms with Gasteiger partial charge in [0.15, 0.2) is 0 Å². The molecule has 0 radical (unpaired) electrons. The molecule has 9 heteroatoms. The Morgan fingerprint density at radius 3 is 2.36 bits per heavy atom. The van der Waals surface area contributed by atoms with Gasteiger partial charge in [-0.2, -0.15) is 0 Å². The van der Waals surface area contributed by atoms with Gasteiger partial charge < -0.3 is 10.6 Å². The number of likely N-dealkylation sites (N-methyl/N-ethyl adjacent to an activating group) is 1. The van der Waals surface area contributed by atoms with E-state index in [1.165, 1.54) is 13.0 Å². The number of hydrogen-bond donors (Lipinski definition) is 2. The first-order chi connectivity index (χ1) is 10.3. The van der Waals surface area contributed by atoms with Gasteiger partial charge in [0.25, 0.3) is 0 Å². The maximum Gasteiger partial charge on any atom is 0.335 e. The molecule has 0 saturated carbocycles. The topological polar surface area (TPSA) is 116 Å².